The molecule has 114 valence electrons. The second-order valence-corrected chi connectivity index (χ2v) is 5.41. The molecule has 1 heterocycles. The van der Waals surface area contributed by atoms with Gasteiger partial charge in [0, 0.05) is 16.7 Å². The number of aromatic amines is 1. The molecule has 23 heavy (non-hydrogen) atoms. The van der Waals surface area contributed by atoms with Crippen molar-refractivity contribution in [2.24, 2.45) is 0 Å². The Balaban J connectivity index is 1.87. The number of nitrogens with zero attached hydrogens (tertiary/aromatic N) is 1. The van der Waals surface area contributed by atoms with E-state index in [-0.39, 0.29) is 11.6 Å². The third-order valence-electron chi connectivity index (χ3n) is 3.74. The first-order valence-electron chi connectivity index (χ1n) is 7.32. The van der Waals surface area contributed by atoms with Crippen LogP contribution in [-0.4, -0.2) is 21.5 Å². The molecule has 0 saturated heterocycles. The molecule has 1 N–H and O–H groups in total. The summed E-state index contributed by atoms with van der Waals surface area (Å²) in [5.41, 5.74) is 4.13. The molecular formula is C19H16N2O2. The molecule has 0 fully saturated rings. The van der Waals surface area contributed by atoms with E-state index in [1.54, 1.807) is 44.3 Å². The molecule has 0 amide bonds. The molecule has 4 heteroatoms. The minimum Gasteiger partial charge on any atom is -0.338 e. The standard InChI is InChI=1S/C19H16N2O2/c1-12(22)14-3-7-16(8-4-14)18-11-20-19(21-18)17-9-5-15(6-10-17)13(2)23/h3-11H,1-2H3,(H,20,21). The second-order valence-electron chi connectivity index (χ2n) is 5.41. The fraction of sp³-hybridized carbons (Fsp3) is 0.105. The van der Waals surface area contributed by atoms with Crippen LogP contribution in [0.2, 0.25) is 0 Å². The summed E-state index contributed by atoms with van der Waals surface area (Å²) in [5.74, 6) is 0.834. The van der Waals surface area contributed by atoms with E-state index in [0.29, 0.717) is 11.1 Å². The molecule has 1 aromatic heterocycles. The third-order valence-corrected chi connectivity index (χ3v) is 3.74. The Hall–Kier alpha value is -3.01. The van der Waals surface area contributed by atoms with Crippen molar-refractivity contribution in [3.63, 3.8) is 0 Å². The van der Waals surface area contributed by atoms with Gasteiger partial charge in [-0.1, -0.05) is 48.5 Å². The van der Waals surface area contributed by atoms with Gasteiger partial charge in [0.25, 0.3) is 0 Å². The average Bonchev–Trinajstić information content (AvgIpc) is 3.05. The Kier molecular flexibility index (Phi) is 3.89. The number of rotatable bonds is 4. The Bertz CT molecular complexity index is 787. The number of carbonyl (C=O) groups is 2. The number of H-pyrrole nitrogens is 1. The van der Waals surface area contributed by atoms with Gasteiger partial charge in [-0.05, 0) is 19.4 Å². The van der Waals surface area contributed by atoms with Crippen molar-refractivity contribution < 1.29 is 9.59 Å². The molecule has 0 saturated carbocycles. The van der Waals surface area contributed by atoms with E-state index in [4.69, 9.17) is 0 Å². The number of ketones is 2. The molecule has 0 aliphatic rings. The van der Waals surface area contributed by atoms with E-state index in [1.165, 1.54) is 0 Å². The monoisotopic (exact) mass is 304 g/mol. The summed E-state index contributed by atoms with van der Waals surface area (Å²) in [7, 11) is 0. The van der Waals surface area contributed by atoms with Crippen LogP contribution >= 0.6 is 0 Å². The van der Waals surface area contributed by atoms with E-state index in [1.807, 2.05) is 24.3 Å². The molecule has 4 nitrogen and oxygen atoms in total. The highest BCUT2D eigenvalue weighted by Crippen LogP contribution is 2.23. The summed E-state index contributed by atoms with van der Waals surface area (Å²) < 4.78 is 0. The van der Waals surface area contributed by atoms with Crippen molar-refractivity contribution in [2.75, 3.05) is 0 Å². The molecule has 0 aliphatic heterocycles. The largest absolute Gasteiger partial charge is 0.338 e. The zero-order valence-electron chi connectivity index (χ0n) is 13.0. The van der Waals surface area contributed by atoms with Gasteiger partial charge in [0.15, 0.2) is 11.6 Å². The Labute approximate surface area is 134 Å². The normalized spacial score (nSPS) is 10.5. The lowest BCUT2D eigenvalue weighted by atomic mass is 10.1. The van der Waals surface area contributed by atoms with Gasteiger partial charge in [-0.3, -0.25) is 9.59 Å². The lowest BCUT2D eigenvalue weighted by Crippen LogP contribution is -1.91. The van der Waals surface area contributed by atoms with Crippen LogP contribution in [0.15, 0.2) is 54.7 Å². The van der Waals surface area contributed by atoms with Crippen LogP contribution in [0, 0.1) is 0 Å². The van der Waals surface area contributed by atoms with Gasteiger partial charge in [0.1, 0.15) is 5.82 Å². The van der Waals surface area contributed by atoms with Crippen molar-refractivity contribution >= 4 is 11.6 Å². The predicted octanol–water partition coefficient (Wildman–Crippen LogP) is 4.15. The summed E-state index contributed by atoms with van der Waals surface area (Å²) in [6.07, 6.45) is 1.76. The fourth-order valence-corrected chi connectivity index (χ4v) is 2.36. The highest BCUT2D eigenvalue weighted by Gasteiger charge is 2.07. The number of carbonyl (C=O) groups excluding carboxylic acids is 2. The SMILES string of the molecule is CC(=O)c1ccc(-c2cnc(-c3ccc(C(C)=O)cc3)[nH]2)cc1. The molecule has 0 aliphatic carbocycles. The number of imidazole rings is 1. The van der Waals surface area contributed by atoms with Crippen molar-refractivity contribution in [3.8, 4) is 22.6 Å². The summed E-state index contributed by atoms with van der Waals surface area (Å²) in [6, 6.07) is 14.7. The summed E-state index contributed by atoms with van der Waals surface area (Å²) in [5, 5.41) is 0. The molecule has 0 radical (unpaired) electrons. The maximum Gasteiger partial charge on any atom is 0.159 e. The van der Waals surface area contributed by atoms with E-state index in [9.17, 15) is 9.59 Å². The highest BCUT2D eigenvalue weighted by molar-refractivity contribution is 5.95. The molecule has 3 rings (SSSR count). The Morgan fingerprint density at radius 3 is 1.74 bits per heavy atom. The molecule has 0 bridgehead atoms. The van der Waals surface area contributed by atoms with Gasteiger partial charge in [-0.25, -0.2) is 4.98 Å². The second kappa shape index (κ2) is 6.01. The van der Waals surface area contributed by atoms with Crippen molar-refractivity contribution in [2.45, 2.75) is 13.8 Å². The molecule has 0 unspecified atom stereocenters. The minimum absolute atomic E-state index is 0.0437. The smallest absolute Gasteiger partial charge is 0.159 e. The highest BCUT2D eigenvalue weighted by atomic mass is 16.1. The number of nitrogens with one attached hydrogen (secondary N) is 1. The number of aromatic nitrogens is 2. The van der Waals surface area contributed by atoms with Crippen LogP contribution in [-0.2, 0) is 0 Å². The maximum absolute atomic E-state index is 11.3. The van der Waals surface area contributed by atoms with Crippen LogP contribution < -0.4 is 0 Å². The van der Waals surface area contributed by atoms with Crippen molar-refractivity contribution in [1.82, 2.24) is 9.97 Å². The number of hydrogen-bond donors (Lipinski definition) is 1. The minimum atomic E-state index is 0.0437. The first-order chi connectivity index (χ1) is 11.0. The lowest BCUT2D eigenvalue weighted by Gasteiger charge is -2.01. The number of hydrogen-bond acceptors (Lipinski definition) is 3. The molecule has 0 spiro atoms. The van der Waals surface area contributed by atoms with Crippen LogP contribution in [0.5, 0.6) is 0 Å². The van der Waals surface area contributed by atoms with E-state index in [2.05, 4.69) is 9.97 Å². The summed E-state index contributed by atoms with van der Waals surface area (Å²) in [6.45, 7) is 3.10. The zero-order valence-corrected chi connectivity index (χ0v) is 13.0. The quantitative estimate of drug-likeness (QED) is 0.736. The molecular weight excluding hydrogens is 288 g/mol. The Morgan fingerprint density at radius 1 is 0.783 bits per heavy atom. The van der Waals surface area contributed by atoms with Gasteiger partial charge in [0.2, 0.25) is 0 Å². The maximum atomic E-state index is 11.3. The summed E-state index contributed by atoms with van der Waals surface area (Å²) in [4.78, 5) is 30.3. The van der Waals surface area contributed by atoms with Crippen molar-refractivity contribution in [3.05, 3.63) is 65.9 Å². The molecule has 3 aromatic rings. The van der Waals surface area contributed by atoms with Gasteiger partial charge in [-0.15, -0.1) is 0 Å². The molecule has 0 atom stereocenters. The molecule has 2 aromatic carbocycles. The number of Topliss-reactive ketones (excluding diaryl/α,β-unsaturated/α-hetero) is 2. The zero-order chi connectivity index (χ0) is 16.4. The van der Waals surface area contributed by atoms with Crippen LogP contribution in [0.25, 0.3) is 22.6 Å². The fourth-order valence-electron chi connectivity index (χ4n) is 2.36. The first kappa shape index (κ1) is 14.9. The lowest BCUT2D eigenvalue weighted by molar-refractivity contribution is 0.100. The van der Waals surface area contributed by atoms with Gasteiger partial charge in [0.05, 0.1) is 11.9 Å². The van der Waals surface area contributed by atoms with Crippen molar-refractivity contribution in [1.29, 1.82) is 0 Å². The van der Waals surface area contributed by atoms with Gasteiger partial charge < -0.3 is 4.98 Å². The van der Waals surface area contributed by atoms with E-state index in [0.717, 1.165) is 22.6 Å². The van der Waals surface area contributed by atoms with Gasteiger partial charge >= 0.3 is 0 Å². The van der Waals surface area contributed by atoms with Crippen LogP contribution in [0.4, 0.5) is 0 Å². The predicted molar refractivity (Wildman–Crippen MR) is 89.5 cm³/mol. The average molecular weight is 304 g/mol. The Morgan fingerprint density at radius 2 is 1.26 bits per heavy atom. The van der Waals surface area contributed by atoms with Crippen LogP contribution in [0.1, 0.15) is 34.6 Å². The number of benzene rings is 2. The third kappa shape index (κ3) is 3.11. The topological polar surface area (TPSA) is 62.8 Å². The van der Waals surface area contributed by atoms with Crippen LogP contribution in [0.3, 0.4) is 0 Å². The van der Waals surface area contributed by atoms with E-state index >= 15 is 0 Å². The first-order valence-corrected chi connectivity index (χ1v) is 7.32. The summed E-state index contributed by atoms with van der Waals surface area (Å²) >= 11 is 0. The van der Waals surface area contributed by atoms with Gasteiger partial charge in [-0.2, -0.15) is 0 Å². The van der Waals surface area contributed by atoms with E-state index < -0.39 is 0 Å².